The van der Waals surface area contributed by atoms with E-state index < -0.39 is 28.4 Å². The van der Waals surface area contributed by atoms with E-state index in [4.69, 9.17) is 9.47 Å². The van der Waals surface area contributed by atoms with E-state index in [1.807, 2.05) is 6.92 Å². The molecule has 0 saturated carbocycles. The van der Waals surface area contributed by atoms with E-state index in [1.54, 1.807) is 30.3 Å². The number of hydrogen-bond donors (Lipinski definition) is 3. The highest BCUT2D eigenvalue weighted by atomic mass is 32.2. The lowest BCUT2D eigenvalue weighted by Crippen LogP contribution is -2.40. The number of aryl methyl sites for hydroxylation is 1. The molecule has 148 valence electrons. The van der Waals surface area contributed by atoms with Crippen molar-refractivity contribution in [3.63, 3.8) is 0 Å². The molecule has 2 aromatic rings. The van der Waals surface area contributed by atoms with Gasteiger partial charge in [-0.05, 0) is 31.2 Å². The van der Waals surface area contributed by atoms with Crippen LogP contribution in [0.1, 0.15) is 5.56 Å². The lowest BCUT2D eigenvalue weighted by Gasteiger charge is -2.09. The highest BCUT2D eigenvalue weighted by molar-refractivity contribution is 7.89. The minimum atomic E-state index is -3.80. The minimum Gasteiger partial charge on any atom is -0.454 e. The number of anilines is 1. The largest absolute Gasteiger partial charge is 0.454 e. The number of benzene rings is 2. The molecule has 28 heavy (non-hydrogen) atoms. The number of carbonyl (C=O) groups is 2. The van der Waals surface area contributed by atoms with E-state index in [-0.39, 0.29) is 18.2 Å². The summed E-state index contributed by atoms with van der Waals surface area (Å²) >= 11 is 0. The van der Waals surface area contributed by atoms with Crippen molar-refractivity contribution in [3.8, 4) is 11.5 Å². The van der Waals surface area contributed by atoms with Crippen molar-refractivity contribution < 1.29 is 27.5 Å². The maximum Gasteiger partial charge on any atom is 0.243 e. The van der Waals surface area contributed by atoms with Crippen LogP contribution >= 0.6 is 0 Å². The van der Waals surface area contributed by atoms with E-state index in [9.17, 15) is 18.0 Å². The molecule has 0 saturated heterocycles. The molecular weight excluding hydrogens is 386 g/mol. The summed E-state index contributed by atoms with van der Waals surface area (Å²) in [6, 6.07) is 11.1. The predicted octanol–water partition coefficient (Wildman–Crippen LogP) is 0.757. The minimum absolute atomic E-state index is 0.0615. The van der Waals surface area contributed by atoms with Gasteiger partial charge in [0, 0.05) is 11.8 Å². The molecule has 2 aromatic carbocycles. The van der Waals surface area contributed by atoms with Crippen molar-refractivity contribution in [3.05, 3.63) is 48.0 Å². The molecule has 0 spiro atoms. The van der Waals surface area contributed by atoms with Gasteiger partial charge in [-0.1, -0.05) is 17.7 Å². The van der Waals surface area contributed by atoms with Gasteiger partial charge < -0.3 is 20.1 Å². The van der Waals surface area contributed by atoms with Crippen LogP contribution in [-0.2, 0) is 19.6 Å². The van der Waals surface area contributed by atoms with Gasteiger partial charge >= 0.3 is 0 Å². The Bertz CT molecular complexity index is 989. The molecular formula is C18H19N3O6S. The fourth-order valence-corrected chi connectivity index (χ4v) is 3.36. The molecule has 1 aliphatic rings. The summed E-state index contributed by atoms with van der Waals surface area (Å²) in [5, 5.41) is 4.96. The van der Waals surface area contributed by atoms with Gasteiger partial charge in [0.05, 0.1) is 18.0 Å². The van der Waals surface area contributed by atoms with Gasteiger partial charge in [0.25, 0.3) is 0 Å². The molecule has 3 N–H and O–H groups in total. The average molecular weight is 405 g/mol. The van der Waals surface area contributed by atoms with Crippen LogP contribution in [0.2, 0.25) is 0 Å². The van der Waals surface area contributed by atoms with Crippen LogP contribution in [0.15, 0.2) is 47.4 Å². The smallest absolute Gasteiger partial charge is 0.243 e. The zero-order valence-electron chi connectivity index (χ0n) is 15.0. The Hall–Kier alpha value is -3.11. The summed E-state index contributed by atoms with van der Waals surface area (Å²) in [5.74, 6) is 0.0182. The maximum atomic E-state index is 12.1. The van der Waals surface area contributed by atoms with E-state index in [1.165, 1.54) is 12.1 Å². The van der Waals surface area contributed by atoms with Crippen LogP contribution in [0.4, 0.5) is 5.69 Å². The van der Waals surface area contributed by atoms with Gasteiger partial charge in [-0.25, -0.2) is 13.1 Å². The zero-order valence-corrected chi connectivity index (χ0v) is 15.8. The summed E-state index contributed by atoms with van der Waals surface area (Å²) in [6.45, 7) is 1.18. The number of fused-ring (bicyclic) bond motifs is 1. The number of amides is 2. The second-order valence-corrected chi connectivity index (χ2v) is 7.80. The van der Waals surface area contributed by atoms with Crippen molar-refractivity contribution in [2.75, 3.05) is 25.2 Å². The van der Waals surface area contributed by atoms with E-state index in [0.717, 1.165) is 5.56 Å². The Morgan fingerprint density at radius 3 is 2.43 bits per heavy atom. The predicted molar refractivity (Wildman–Crippen MR) is 101 cm³/mol. The quantitative estimate of drug-likeness (QED) is 0.625. The van der Waals surface area contributed by atoms with Crippen LogP contribution in [0.25, 0.3) is 0 Å². The Labute approximate surface area is 162 Å². The number of nitrogens with one attached hydrogen (secondary N) is 3. The summed E-state index contributed by atoms with van der Waals surface area (Å²) in [6.07, 6.45) is 0. The summed E-state index contributed by atoms with van der Waals surface area (Å²) in [7, 11) is -3.80. The molecule has 0 radical (unpaired) electrons. The van der Waals surface area contributed by atoms with Gasteiger partial charge in [-0.3, -0.25) is 9.59 Å². The highest BCUT2D eigenvalue weighted by Crippen LogP contribution is 2.34. The van der Waals surface area contributed by atoms with E-state index >= 15 is 0 Å². The fraction of sp³-hybridized carbons (Fsp3) is 0.222. The zero-order chi connectivity index (χ0) is 20.1. The SMILES string of the molecule is Cc1ccc(S(=O)(=O)NCC(=O)NCC(=O)Nc2ccc3c(c2)OCO3)cc1. The third kappa shape index (κ3) is 4.99. The monoisotopic (exact) mass is 405 g/mol. The number of ether oxygens (including phenoxy) is 2. The van der Waals surface area contributed by atoms with Crippen LogP contribution in [-0.4, -0.2) is 40.1 Å². The van der Waals surface area contributed by atoms with Crippen LogP contribution < -0.4 is 24.8 Å². The van der Waals surface area contributed by atoms with Gasteiger partial charge in [0.1, 0.15) is 0 Å². The number of carbonyl (C=O) groups excluding carboxylic acids is 2. The Morgan fingerprint density at radius 2 is 1.68 bits per heavy atom. The second kappa shape index (κ2) is 8.28. The van der Waals surface area contributed by atoms with Gasteiger partial charge in [0.15, 0.2) is 11.5 Å². The van der Waals surface area contributed by atoms with E-state index in [2.05, 4.69) is 15.4 Å². The van der Waals surface area contributed by atoms with Crippen LogP contribution in [0.3, 0.4) is 0 Å². The first-order chi connectivity index (χ1) is 13.3. The molecule has 0 fully saturated rings. The van der Waals surface area contributed by atoms with Gasteiger partial charge in [0.2, 0.25) is 28.6 Å². The van der Waals surface area contributed by atoms with E-state index in [0.29, 0.717) is 17.2 Å². The standard InChI is InChI=1S/C18H19N3O6S/c1-12-2-5-14(6-3-12)28(24,25)20-10-17(22)19-9-18(23)21-13-4-7-15-16(8-13)27-11-26-15/h2-8,20H,9-11H2,1H3,(H,19,22)(H,21,23). The molecule has 0 bridgehead atoms. The molecule has 1 heterocycles. The van der Waals surface area contributed by atoms with Crippen molar-refractivity contribution in [2.45, 2.75) is 11.8 Å². The molecule has 3 rings (SSSR count). The molecule has 9 nitrogen and oxygen atoms in total. The van der Waals surface area contributed by atoms with Crippen LogP contribution in [0, 0.1) is 6.92 Å². The number of hydrogen-bond acceptors (Lipinski definition) is 6. The topological polar surface area (TPSA) is 123 Å². The van der Waals surface area contributed by atoms with Crippen molar-refractivity contribution in [1.29, 1.82) is 0 Å². The lowest BCUT2D eigenvalue weighted by molar-refractivity contribution is -0.123. The van der Waals surface area contributed by atoms with Crippen molar-refractivity contribution in [1.82, 2.24) is 10.0 Å². The molecule has 1 aliphatic heterocycles. The van der Waals surface area contributed by atoms with Crippen LogP contribution in [0.5, 0.6) is 11.5 Å². The molecule has 0 unspecified atom stereocenters. The third-order valence-electron chi connectivity index (χ3n) is 3.86. The van der Waals surface area contributed by atoms with Gasteiger partial charge in [-0.2, -0.15) is 0 Å². The summed E-state index contributed by atoms with van der Waals surface area (Å²) in [4.78, 5) is 23.8. The number of sulfonamides is 1. The molecule has 0 aromatic heterocycles. The third-order valence-corrected chi connectivity index (χ3v) is 5.27. The maximum absolute atomic E-state index is 12.1. The molecule has 0 atom stereocenters. The first-order valence-corrected chi connectivity index (χ1v) is 9.84. The molecule has 0 aliphatic carbocycles. The average Bonchev–Trinajstić information content (AvgIpc) is 3.13. The lowest BCUT2D eigenvalue weighted by atomic mass is 10.2. The first kappa shape index (κ1) is 19.6. The summed E-state index contributed by atoms with van der Waals surface area (Å²) < 4.78 is 36.8. The molecule has 2 amide bonds. The Morgan fingerprint density at radius 1 is 0.964 bits per heavy atom. The highest BCUT2D eigenvalue weighted by Gasteiger charge is 2.16. The number of rotatable bonds is 7. The normalized spacial score (nSPS) is 12.5. The van der Waals surface area contributed by atoms with Crippen molar-refractivity contribution in [2.24, 2.45) is 0 Å². The fourth-order valence-electron chi connectivity index (χ4n) is 2.38. The Balaban J connectivity index is 1.45. The van der Waals surface area contributed by atoms with Crippen molar-refractivity contribution >= 4 is 27.5 Å². The summed E-state index contributed by atoms with van der Waals surface area (Å²) in [5.41, 5.74) is 1.41. The first-order valence-electron chi connectivity index (χ1n) is 8.36. The Kier molecular flexibility index (Phi) is 5.81. The second-order valence-electron chi connectivity index (χ2n) is 6.03. The van der Waals surface area contributed by atoms with Gasteiger partial charge in [-0.15, -0.1) is 0 Å². The molecule has 10 heteroatoms.